The van der Waals surface area contributed by atoms with Gasteiger partial charge in [-0.05, 0) is 48.3 Å². The van der Waals surface area contributed by atoms with Gasteiger partial charge in [-0.3, -0.25) is 9.59 Å². The van der Waals surface area contributed by atoms with E-state index in [2.05, 4.69) is 11.4 Å². The third-order valence-electron chi connectivity index (χ3n) is 4.03. The van der Waals surface area contributed by atoms with Gasteiger partial charge in [0.2, 0.25) is 5.91 Å². The Morgan fingerprint density at radius 1 is 1.19 bits per heavy atom. The molecule has 2 rings (SSSR count). The van der Waals surface area contributed by atoms with E-state index < -0.39 is 23.2 Å². The van der Waals surface area contributed by atoms with E-state index in [1.807, 2.05) is 12.1 Å². The standard InChI is InChI=1S/C17H23NO3/c1-17(2,3)14(16(20)21)15(19)18-13-10-6-8-11-7-4-5-9-12(11)13/h6,8,10,14H,4-5,7,9H2,1-3H3,(H,18,19)(H,20,21). The first-order valence-corrected chi connectivity index (χ1v) is 7.45. The Hall–Kier alpha value is -1.84. The number of nitrogens with one attached hydrogen (secondary N) is 1. The number of amides is 1. The molecule has 0 spiro atoms. The summed E-state index contributed by atoms with van der Waals surface area (Å²) in [5.41, 5.74) is 2.58. The Morgan fingerprint density at radius 3 is 2.48 bits per heavy atom. The third kappa shape index (κ3) is 3.43. The van der Waals surface area contributed by atoms with Gasteiger partial charge in [-0.1, -0.05) is 32.9 Å². The number of carboxylic acid groups (broad SMARTS) is 1. The lowest BCUT2D eigenvalue weighted by Gasteiger charge is -2.27. The molecule has 0 aliphatic heterocycles. The molecule has 0 aromatic heterocycles. The first kappa shape index (κ1) is 15.5. The van der Waals surface area contributed by atoms with Crippen molar-refractivity contribution < 1.29 is 14.7 Å². The van der Waals surface area contributed by atoms with E-state index >= 15 is 0 Å². The Bertz CT molecular complexity index is 558. The van der Waals surface area contributed by atoms with Gasteiger partial charge in [-0.15, -0.1) is 0 Å². The molecule has 1 aliphatic rings. The second-order valence-electron chi connectivity index (χ2n) is 6.78. The van der Waals surface area contributed by atoms with E-state index in [9.17, 15) is 14.7 Å². The number of carboxylic acids is 1. The first-order chi connectivity index (χ1) is 9.80. The minimum absolute atomic E-state index is 0.436. The molecule has 4 heteroatoms. The fraction of sp³-hybridized carbons (Fsp3) is 0.529. The van der Waals surface area contributed by atoms with Gasteiger partial charge in [0.1, 0.15) is 5.92 Å². The largest absolute Gasteiger partial charge is 0.481 e. The summed E-state index contributed by atoms with van der Waals surface area (Å²) < 4.78 is 0. The summed E-state index contributed by atoms with van der Waals surface area (Å²) in [6, 6.07) is 5.87. The van der Waals surface area contributed by atoms with Gasteiger partial charge in [-0.25, -0.2) is 0 Å². The maximum atomic E-state index is 12.4. The van der Waals surface area contributed by atoms with Crippen LogP contribution < -0.4 is 5.32 Å². The fourth-order valence-corrected chi connectivity index (χ4v) is 2.98. The van der Waals surface area contributed by atoms with Gasteiger partial charge in [-0.2, -0.15) is 0 Å². The quantitative estimate of drug-likeness (QED) is 0.839. The summed E-state index contributed by atoms with van der Waals surface area (Å²) >= 11 is 0. The highest BCUT2D eigenvalue weighted by molar-refractivity contribution is 6.05. The van der Waals surface area contributed by atoms with Crippen LogP contribution in [0.3, 0.4) is 0 Å². The topological polar surface area (TPSA) is 66.4 Å². The lowest BCUT2D eigenvalue weighted by molar-refractivity contribution is -0.149. The zero-order valence-electron chi connectivity index (χ0n) is 12.9. The van der Waals surface area contributed by atoms with Crippen LogP contribution in [-0.4, -0.2) is 17.0 Å². The van der Waals surface area contributed by atoms with E-state index in [1.54, 1.807) is 20.8 Å². The summed E-state index contributed by atoms with van der Waals surface area (Å²) in [5, 5.41) is 12.2. The molecule has 1 atom stereocenters. The molecule has 0 fully saturated rings. The molecule has 21 heavy (non-hydrogen) atoms. The highest BCUT2D eigenvalue weighted by Crippen LogP contribution is 2.31. The summed E-state index contributed by atoms with van der Waals surface area (Å²) in [7, 11) is 0. The Labute approximate surface area is 125 Å². The van der Waals surface area contributed by atoms with Crippen LogP contribution in [0.5, 0.6) is 0 Å². The first-order valence-electron chi connectivity index (χ1n) is 7.45. The molecule has 1 aromatic rings. The molecule has 0 saturated carbocycles. The van der Waals surface area contributed by atoms with Crippen LogP contribution in [0.25, 0.3) is 0 Å². The van der Waals surface area contributed by atoms with Crippen LogP contribution in [-0.2, 0) is 22.4 Å². The maximum Gasteiger partial charge on any atom is 0.316 e. The predicted octanol–water partition coefficient (Wildman–Crippen LogP) is 3.25. The molecular weight excluding hydrogens is 266 g/mol. The van der Waals surface area contributed by atoms with Gasteiger partial charge in [0, 0.05) is 5.69 Å². The third-order valence-corrected chi connectivity index (χ3v) is 4.03. The monoisotopic (exact) mass is 289 g/mol. The number of anilines is 1. The highest BCUT2D eigenvalue weighted by Gasteiger charge is 2.38. The summed E-state index contributed by atoms with van der Waals surface area (Å²) in [5.74, 6) is -2.57. The van der Waals surface area contributed by atoms with Crippen molar-refractivity contribution in [3.05, 3.63) is 29.3 Å². The van der Waals surface area contributed by atoms with Crippen molar-refractivity contribution in [3.63, 3.8) is 0 Å². The van der Waals surface area contributed by atoms with Gasteiger partial charge >= 0.3 is 5.97 Å². The van der Waals surface area contributed by atoms with Gasteiger partial charge in [0.25, 0.3) is 0 Å². The lowest BCUT2D eigenvalue weighted by atomic mass is 9.80. The average molecular weight is 289 g/mol. The minimum atomic E-state index is -1.08. The van der Waals surface area contributed by atoms with Crippen molar-refractivity contribution in [3.8, 4) is 0 Å². The second-order valence-corrected chi connectivity index (χ2v) is 6.78. The smallest absolute Gasteiger partial charge is 0.316 e. The molecule has 1 aliphatic carbocycles. The van der Waals surface area contributed by atoms with Crippen LogP contribution in [0, 0.1) is 11.3 Å². The van der Waals surface area contributed by atoms with E-state index in [-0.39, 0.29) is 0 Å². The maximum absolute atomic E-state index is 12.4. The molecule has 114 valence electrons. The summed E-state index contributed by atoms with van der Waals surface area (Å²) in [6.45, 7) is 5.31. The summed E-state index contributed by atoms with van der Waals surface area (Å²) in [6.07, 6.45) is 4.26. The Morgan fingerprint density at radius 2 is 1.86 bits per heavy atom. The van der Waals surface area contributed by atoms with Crippen molar-refractivity contribution in [1.29, 1.82) is 0 Å². The molecule has 1 aromatic carbocycles. The molecule has 2 N–H and O–H groups in total. The molecule has 0 bridgehead atoms. The summed E-state index contributed by atoms with van der Waals surface area (Å²) in [4.78, 5) is 23.8. The molecule has 1 amide bonds. The molecule has 1 unspecified atom stereocenters. The number of carbonyl (C=O) groups is 2. The number of fused-ring (bicyclic) bond motifs is 1. The van der Waals surface area contributed by atoms with E-state index in [1.165, 1.54) is 12.0 Å². The average Bonchev–Trinajstić information content (AvgIpc) is 2.37. The second kappa shape index (κ2) is 5.88. The van der Waals surface area contributed by atoms with Gasteiger partial charge in [0.15, 0.2) is 0 Å². The number of benzene rings is 1. The molecular formula is C17H23NO3. The van der Waals surface area contributed by atoms with Crippen LogP contribution in [0.2, 0.25) is 0 Å². The normalized spacial score (nSPS) is 16.0. The highest BCUT2D eigenvalue weighted by atomic mass is 16.4. The van der Waals surface area contributed by atoms with E-state index in [4.69, 9.17) is 0 Å². The van der Waals surface area contributed by atoms with Crippen LogP contribution in [0.15, 0.2) is 18.2 Å². The fourth-order valence-electron chi connectivity index (χ4n) is 2.98. The Kier molecular flexibility index (Phi) is 4.35. The molecule has 0 saturated heterocycles. The Balaban J connectivity index is 2.25. The number of rotatable bonds is 3. The number of hydrogen-bond donors (Lipinski definition) is 2. The van der Waals surface area contributed by atoms with Crippen LogP contribution >= 0.6 is 0 Å². The predicted molar refractivity (Wildman–Crippen MR) is 82.3 cm³/mol. The number of hydrogen-bond acceptors (Lipinski definition) is 2. The zero-order valence-corrected chi connectivity index (χ0v) is 12.9. The van der Waals surface area contributed by atoms with Crippen molar-refractivity contribution >= 4 is 17.6 Å². The number of aryl methyl sites for hydroxylation is 1. The van der Waals surface area contributed by atoms with E-state index in [0.29, 0.717) is 0 Å². The minimum Gasteiger partial charge on any atom is -0.481 e. The van der Waals surface area contributed by atoms with Crippen molar-refractivity contribution in [1.82, 2.24) is 0 Å². The van der Waals surface area contributed by atoms with Crippen molar-refractivity contribution in [2.24, 2.45) is 11.3 Å². The van der Waals surface area contributed by atoms with Crippen molar-refractivity contribution in [2.45, 2.75) is 46.5 Å². The van der Waals surface area contributed by atoms with Gasteiger partial charge < -0.3 is 10.4 Å². The van der Waals surface area contributed by atoms with Gasteiger partial charge in [0.05, 0.1) is 0 Å². The molecule has 4 nitrogen and oxygen atoms in total. The van der Waals surface area contributed by atoms with Crippen LogP contribution in [0.4, 0.5) is 5.69 Å². The van der Waals surface area contributed by atoms with E-state index in [0.717, 1.165) is 30.5 Å². The van der Waals surface area contributed by atoms with Crippen molar-refractivity contribution in [2.75, 3.05) is 5.32 Å². The molecule has 0 heterocycles. The van der Waals surface area contributed by atoms with Crippen LogP contribution in [0.1, 0.15) is 44.7 Å². The number of aliphatic carboxylic acids is 1. The SMILES string of the molecule is CC(C)(C)C(C(=O)O)C(=O)Nc1cccc2c1CCCC2. The number of carbonyl (C=O) groups excluding carboxylic acids is 1. The molecule has 0 radical (unpaired) electrons. The zero-order chi connectivity index (χ0) is 15.6. The lowest BCUT2D eigenvalue weighted by Crippen LogP contribution is -2.39.